The van der Waals surface area contributed by atoms with Crippen LogP contribution < -0.4 is 9.47 Å². The van der Waals surface area contributed by atoms with Crippen molar-refractivity contribution in [3.05, 3.63) is 23.3 Å². The van der Waals surface area contributed by atoms with Gasteiger partial charge in [-0.3, -0.25) is 4.79 Å². The number of aryl methyl sites for hydroxylation is 1. The summed E-state index contributed by atoms with van der Waals surface area (Å²) in [5, 5.41) is 0. The number of methoxy groups -OCH3 is 3. The molecule has 0 amide bonds. The van der Waals surface area contributed by atoms with Crippen LogP contribution in [-0.4, -0.2) is 27.3 Å². The van der Waals surface area contributed by atoms with Crippen molar-refractivity contribution in [2.45, 2.75) is 19.8 Å². The van der Waals surface area contributed by atoms with Crippen LogP contribution in [-0.2, 0) is 22.4 Å². The number of benzene rings is 1. The Morgan fingerprint density at radius 3 is 2.06 bits per heavy atom. The third-order valence-corrected chi connectivity index (χ3v) is 2.63. The molecule has 0 aliphatic rings. The van der Waals surface area contributed by atoms with E-state index in [2.05, 4.69) is 4.74 Å². The number of carbonyl (C=O) groups excluding carboxylic acids is 1. The average Bonchev–Trinajstić information content (AvgIpc) is 2.37. The Kier molecular flexibility index (Phi) is 4.82. The number of rotatable bonds is 5. The van der Waals surface area contributed by atoms with Crippen molar-refractivity contribution in [3.63, 3.8) is 0 Å². The van der Waals surface area contributed by atoms with Gasteiger partial charge in [0.05, 0.1) is 27.8 Å². The molecule has 4 nitrogen and oxygen atoms in total. The van der Waals surface area contributed by atoms with Crippen LogP contribution in [0.15, 0.2) is 12.1 Å². The SMILES string of the molecule is CCc1cc(OC)c(CC(=O)OC)cc1OC. The molecule has 0 unspecified atom stereocenters. The van der Waals surface area contributed by atoms with Crippen molar-refractivity contribution in [2.75, 3.05) is 21.3 Å². The molecular formula is C13H18O4. The minimum atomic E-state index is -0.297. The molecule has 94 valence electrons. The average molecular weight is 238 g/mol. The predicted octanol–water partition coefficient (Wildman–Crippen LogP) is 1.98. The van der Waals surface area contributed by atoms with Crippen LogP contribution in [0.1, 0.15) is 18.1 Å². The summed E-state index contributed by atoms with van der Waals surface area (Å²) in [6.07, 6.45) is 1.03. The van der Waals surface area contributed by atoms with Crippen LogP contribution >= 0.6 is 0 Å². The molecule has 1 rings (SSSR count). The highest BCUT2D eigenvalue weighted by Gasteiger charge is 2.13. The van der Waals surface area contributed by atoms with Gasteiger partial charge in [0.2, 0.25) is 0 Å². The molecule has 0 spiro atoms. The second-order valence-electron chi connectivity index (χ2n) is 3.58. The lowest BCUT2D eigenvalue weighted by Crippen LogP contribution is -2.07. The van der Waals surface area contributed by atoms with Crippen molar-refractivity contribution in [1.82, 2.24) is 0 Å². The molecule has 0 saturated heterocycles. The summed E-state index contributed by atoms with van der Waals surface area (Å²) in [4.78, 5) is 11.3. The van der Waals surface area contributed by atoms with Gasteiger partial charge in [-0.25, -0.2) is 0 Å². The molecule has 0 saturated carbocycles. The van der Waals surface area contributed by atoms with E-state index in [4.69, 9.17) is 9.47 Å². The third kappa shape index (κ3) is 3.12. The van der Waals surface area contributed by atoms with Crippen molar-refractivity contribution < 1.29 is 19.0 Å². The van der Waals surface area contributed by atoms with E-state index in [-0.39, 0.29) is 12.4 Å². The van der Waals surface area contributed by atoms with Crippen molar-refractivity contribution in [2.24, 2.45) is 0 Å². The summed E-state index contributed by atoms with van der Waals surface area (Å²) in [6, 6.07) is 3.73. The van der Waals surface area contributed by atoms with Crippen LogP contribution in [0.4, 0.5) is 0 Å². The van der Waals surface area contributed by atoms with Gasteiger partial charge in [0.15, 0.2) is 0 Å². The minimum Gasteiger partial charge on any atom is -0.496 e. The first-order valence-electron chi connectivity index (χ1n) is 5.46. The van der Waals surface area contributed by atoms with Gasteiger partial charge in [0, 0.05) is 5.56 Å². The zero-order valence-corrected chi connectivity index (χ0v) is 10.7. The molecule has 0 aromatic heterocycles. The summed E-state index contributed by atoms with van der Waals surface area (Å²) < 4.78 is 15.2. The van der Waals surface area contributed by atoms with Gasteiger partial charge in [-0.1, -0.05) is 6.92 Å². The van der Waals surface area contributed by atoms with Crippen LogP contribution in [0.5, 0.6) is 11.5 Å². The van der Waals surface area contributed by atoms with Crippen molar-refractivity contribution in [3.8, 4) is 11.5 Å². The molecule has 0 N–H and O–H groups in total. The fourth-order valence-corrected chi connectivity index (χ4v) is 1.67. The molecule has 0 fully saturated rings. The second kappa shape index (κ2) is 6.13. The van der Waals surface area contributed by atoms with Gasteiger partial charge in [-0.15, -0.1) is 0 Å². The Bertz CT molecular complexity index is 399. The Morgan fingerprint density at radius 2 is 1.59 bits per heavy atom. The Morgan fingerprint density at radius 1 is 1.06 bits per heavy atom. The maximum Gasteiger partial charge on any atom is 0.310 e. The molecule has 1 aromatic carbocycles. The largest absolute Gasteiger partial charge is 0.496 e. The molecule has 0 atom stereocenters. The third-order valence-electron chi connectivity index (χ3n) is 2.63. The lowest BCUT2D eigenvalue weighted by Gasteiger charge is -2.13. The number of hydrogen-bond acceptors (Lipinski definition) is 4. The van der Waals surface area contributed by atoms with E-state index in [0.717, 1.165) is 23.3 Å². The van der Waals surface area contributed by atoms with E-state index in [1.54, 1.807) is 14.2 Å². The zero-order valence-electron chi connectivity index (χ0n) is 10.7. The van der Waals surface area contributed by atoms with E-state index in [1.165, 1.54) is 7.11 Å². The van der Waals surface area contributed by atoms with Gasteiger partial charge >= 0.3 is 5.97 Å². The van der Waals surface area contributed by atoms with Crippen LogP contribution in [0.2, 0.25) is 0 Å². The number of hydrogen-bond donors (Lipinski definition) is 0. The molecular weight excluding hydrogens is 220 g/mol. The lowest BCUT2D eigenvalue weighted by molar-refractivity contribution is -0.139. The van der Waals surface area contributed by atoms with Gasteiger partial charge < -0.3 is 14.2 Å². The highest BCUT2D eigenvalue weighted by atomic mass is 16.5. The highest BCUT2D eigenvalue weighted by molar-refractivity contribution is 5.74. The van der Waals surface area contributed by atoms with Crippen molar-refractivity contribution >= 4 is 5.97 Å². The summed E-state index contributed by atoms with van der Waals surface area (Å²) in [6.45, 7) is 2.04. The van der Waals surface area contributed by atoms with E-state index in [1.807, 2.05) is 19.1 Å². The fourth-order valence-electron chi connectivity index (χ4n) is 1.67. The molecule has 0 heterocycles. The summed E-state index contributed by atoms with van der Waals surface area (Å²) in [5.41, 5.74) is 1.83. The Hall–Kier alpha value is -1.71. The number of esters is 1. The summed E-state index contributed by atoms with van der Waals surface area (Å²) >= 11 is 0. The van der Waals surface area contributed by atoms with Gasteiger partial charge in [0.1, 0.15) is 11.5 Å². The molecule has 0 bridgehead atoms. The maximum absolute atomic E-state index is 11.3. The van der Waals surface area contributed by atoms with E-state index in [0.29, 0.717) is 5.75 Å². The Labute approximate surface area is 101 Å². The van der Waals surface area contributed by atoms with E-state index >= 15 is 0 Å². The monoisotopic (exact) mass is 238 g/mol. The van der Waals surface area contributed by atoms with Gasteiger partial charge in [0.25, 0.3) is 0 Å². The first kappa shape index (κ1) is 13.4. The number of carbonyl (C=O) groups is 1. The zero-order chi connectivity index (χ0) is 12.8. The topological polar surface area (TPSA) is 44.8 Å². The maximum atomic E-state index is 11.3. The van der Waals surface area contributed by atoms with Crippen LogP contribution in [0.3, 0.4) is 0 Å². The minimum absolute atomic E-state index is 0.181. The molecule has 1 aromatic rings. The first-order chi connectivity index (χ1) is 8.15. The normalized spacial score (nSPS) is 9.88. The smallest absolute Gasteiger partial charge is 0.310 e. The highest BCUT2D eigenvalue weighted by Crippen LogP contribution is 2.29. The second-order valence-corrected chi connectivity index (χ2v) is 3.58. The standard InChI is InChI=1S/C13H18O4/c1-5-9-6-12(16-3)10(7-11(9)15-2)8-13(14)17-4/h6-7H,5,8H2,1-4H3. The van der Waals surface area contributed by atoms with Gasteiger partial charge in [-0.2, -0.15) is 0 Å². The first-order valence-corrected chi connectivity index (χ1v) is 5.46. The van der Waals surface area contributed by atoms with E-state index in [9.17, 15) is 4.79 Å². The summed E-state index contributed by atoms with van der Waals surface area (Å²) in [5.74, 6) is 1.16. The molecule has 17 heavy (non-hydrogen) atoms. The fraction of sp³-hybridized carbons (Fsp3) is 0.462. The molecule has 0 aliphatic carbocycles. The van der Waals surface area contributed by atoms with Crippen LogP contribution in [0.25, 0.3) is 0 Å². The quantitative estimate of drug-likeness (QED) is 0.736. The summed E-state index contributed by atoms with van der Waals surface area (Å²) in [7, 11) is 4.57. The number of ether oxygens (including phenoxy) is 3. The Balaban J connectivity index is 3.14. The lowest BCUT2D eigenvalue weighted by atomic mass is 10.0. The predicted molar refractivity (Wildman–Crippen MR) is 64.6 cm³/mol. The molecule has 0 aliphatic heterocycles. The van der Waals surface area contributed by atoms with Gasteiger partial charge in [-0.05, 0) is 24.1 Å². The molecule has 4 heteroatoms. The van der Waals surface area contributed by atoms with E-state index < -0.39 is 0 Å². The van der Waals surface area contributed by atoms with Crippen molar-refractivity contribution in [1.29, 1.82) is 0 Å². The molecule has 0 radical (unpaired) electrons. The van der Waals surface area contributed by atoms with Crippen LogP contribution in [0, 0.1) is 0 Å².